The number of halogens is 2. The molecular weight excluding hydrogens is 384 g/mol. The van der Waals surface area contributed by atoms with Crippen LogP contribution >= 0.6 is 0 Å². The van der Waals surface area contributed by atoms with Crippen LogP contribution in [0.1, 0.15) is 11.1 Å². The molecule has 4 nitrogen and oxygen atoms in total. The first-order valence-corrected chi connectivity index (χ1v) is 9.92. The topological polar surface area (TPSA) is 46.6 Å². The van der Waals surface area contributed by atoms with E-state index in [1.807, 2.05) is 6.92 Å². The summed E-state index contributed by atoms with van der Waals surface area (Å²) >= 11 is 0. The molecule has 0 aliphatic heterocycles. The molecule has 3 aromatic carbocycles. The van der Waals surface area contributed by atoms with Crippen LogP contribution in [0.25, 0.3) is 0 Å². The highest BCUT2D eigenvalue weighted by atomic mass is 32.2. The van der Waals surface area contributed by atoms with Gasteiger partial charge in [-0.15, -0.1) is 0 Å². The highest BCUT2D eigenvalue weighted by Crippen LogP contribution is 2.28. The molecule has 0 saturated heterocycles. The van der Waals surface area contributed by atoms with Gasteiger partial charge in [0, 0.05) is 11.6 Å². The smallest absolute Gasteiger partial charge is 0.264 e. The Morgan fingerprint density at radius 1 is 0.929 bits per heavy atom. The molecule has 0 radical (unpaired) electrons. The number of aryl methyl sites for hydroxylation is 1. The standard InChI is InChI=1S/C21H19F2NO3S/c1-15-3-7-18(8-4-15)24(14-16-5-6-17(22)13-21(16)23)28(25,26)20-11-9-19(27-2)10-12-20/h3-13H,14H2,1-2H3. The second kappa shape index (κ2) is 7.98. The van der Waals surface area contributed by atoms with Crippen molar-refractivity contribution in [3.63, 3.8) is 0 Å². The normalized spacial score (nSPS) is 11.3. The molecule has 0 fully saturated rings. The van der Waals surface area contributed by atoms with E-state index in [1.54, 1.807) is 36.4 Å². The van der Waals surface area contributed by atoms with E-state index in [0.717, 1.165) is 22.0 Å². The van der Waals surface area contributed by atoms with Crippen LogP contribution in [0.2, 0.25) is 0 Å². The van der Waals surface area contributed by atoms with Gasteiger partial charge >= 0.3 is 0 Å². The van der Waals surface area contributed by atoms with Crippen LogP contribution in [0.4, 0.5) is 14.5 Å². The minimum absolute atomic E-state index is 0.0383. The van der Waals surface area contributed by atoms with Gasteiger partial charge in [-0.2, -0.15) is 0 Å². The molecule has 28 heavy (non-hydrogen) atoms. The summed E-state index contributed by atoms with van der Waals surface area (Å²) in [6, 6.07) is 15.9. The lowest BCUT2D eigenvalue weighted by atomic mass is 10.2. The molecule has 0 amide bonds. The van der Waals surface area contributed by atoms with E-state index in [4.69, 9.17) is 4.74 Å². The van der Waals surface area contributed by atoms with Gasteiger partial charge in [-0.1, -0.05) is 23.8 Å². The Morgan fingerprint density at radius 2 is 1.57 bits per heavy atom. The van der Waals surface area contributed by atoms with Gasteiger partial charge in [-0.3, -0.25) is 4.31 Å². The fourth-order valence-corrected chi connectivity index (χ4v) is 4.15. The monoisotopic (exact) mass is 403 g/mol. The van der Waals surface area contributed by atoms with Crippen molar-refractivity contribution >= 4 is 15.7 Å². The molecule has 0 spiro atoms. The minimum Gasteiger partial charge on any atom is -0.497 e. The van der Waals surface area contributed by atoms with Crippen LogP contribution in [-0.2, 0) is 16.6 Å². The summed E-state index contributed by atoms with van der Waals surface area (Å²) in [5.41, 5.74) is 1.41. The number of methoxy groups -OCH3 is 1. The van der Waals surface area contributed by atoms with E-state index in [1.165, 1.54) is 25.3 Å². The van der Waals surface area contributed by atoms with Crippen LogP contribution in [-0.4, -0.2) is 15.5 Å². The Labute approximate surface area is 163 Å². The molecule has 0 heterocycles. The average Bonchev–Trinajstić information content (AvgIpc) is 2.68. The second-order valence-electron chi connectivity index (χ2n) is 6.26. The number of rotatable bonds is 6. The predicted octanol–water partition coefficient (Wildman–Crippen LogP) is 4.68. The van der Waals surface area contributed by atoms with Crippen LogP contribution in [0.15, 0.2) is 71.6 Å². The van der Waals surface area contributed by atoms with E-state index >= 15 is 0 Å². The highest BCUT2D eigenvalue weighted by molar-refractivity contribution is 7.92. The number of sulfonamides is 1. The van der Waals surface area contributed by atoms with Crippen LogP contribution in [0, 0.1) is 18.6 Å². The molecule has 0 saturated carbocycles. The van der Waals surface area contributed by atoms with Crippen molar-refractivity contribution < 1.29 is 21.9 Å². The van der Waals surface area contributed by atoms with Gasteiger partial charge in [-0.25, -0.2) is 17.2 Å². The first-order valence-electron chi connectivity index (χ1n) is 8.48. The molecule has 0 unspecified atom stereocenters. The summed E-state index contributed by atoms with van der Waals surface area (Å²) in [6.45, 7) is 1.61. The Kier molecular flexibility index (Phi) is 5.65. The maximum atomic E-state index is 14.2. The summed E-state index contributed by atoms with van der Waals surface area (Å²) in [6.07, 6.45) is 0. The first kappa shape index (κ1) is 19.8. The van der Waals surface area contributed by atoms with E-state index in [0.29, 0.717) is 11.4 Å². The molecule has 0 N–H and O–H groups in total. The lowest BCUT2D eigenvalue weighted by Gasteiger charge is -2.25. The van der Waals surface area contributed by atoms with Crippen LogP contribution in [0.3, 0.4) is 0 Å². The van der Waals surface area contributed by atoms with Gasteiger partial charge in [0.25, 0.3) is 10.0 Å². The Balaban J connectivity index is 2.07. The van der Waals surface area contributed by atoms with E-state index in [2.05, 4.69) is 0 Å². The Hall–Kier alpha value is -2.93. The van der Waals surface area contributed by atoms with Gasteiger partial charge in [0.1, 0.15) is 17.4 Å². The van der Waals surface area contributed by atoms with E-state index in [-0.39, 0.29) is 17.0 Å². The summed E-state index contributed by atoms with van der Waals surface area (Å²) in [5, 5.41) is 0. The fraction of sp³-hybridized carbons (Fsp3) is 0.143. The third kappa shape index (κ3) is 4.14. The van der Waals surface area contributed by atoms with Crippen molar-refractivity contribution in [3.8, 4) is 5.75 Å². The van der Waals surface area contributed by atoms with Gasteiger partial charge < -0.3 is 4.74 Å². The van der Waals surface area contributed by atoms with Crippen molar-refractivity contribution in [2.24, 2.45) is 0 Å². The maximum Gasteiger partial charge on any atom is 0.264 e. The lowest BCUT2D eigenvalue weighted by molar-refractivity contribution is 0.414. The Morgan fingerprint density at radius 3 is 2.14 bits per heavy atom. The first-order chi connectivity index (χ1) is 13.3. The summed E-state index contributed by atoms with van der Waals surface area (Å²) in [4.78, 5) is 0.0383. The number of hydrogen-bond donors (Lipinski definition) is 0. The van der Waals surface area contributed by atoms with E-state index in [9.17, 15) is 17.2 Å². The summed E-state index contributed by atoms with van der Waals surface area (Å²) in [7, 11) is -2.51. The largest absolute Gasteiger partial charge is 0.497 e. The van der Waals surface area contributed by atoms with Gasteiger partial charge in [0.2, 0.25) is 0 Å². The number of nitrogens with zero attached hydrogens (tertiary/aromatic N) is 1. The molecule has 146 valence electrons. The third-order valence-corrected chi connectivity index (χ3v) is 6.09. The molecule has 3 aromatic rings. The van der Waals surface area contributed by atoms with E-state index < -0.39 is 21.7 Å². The van der Waals surface area contributed by atoms with Crippen molar-refractivity contribution in [2.45, 2.75) is 18.4 Å². The highest BCUT2D eigenvalue weighted by Gasteiger charge is 2.26. The Bertz CT molecular complexity index is 1070. The predicted molar refractivity (Wildman–Crippen MR) is 104 cm³/mol. The van der Waals surface area contributed by atoms with Crippen LogP contribution < -0.4 is 9.04 Å². The SMILES string of the molecule is COc1ccc(S(=O)(=O)N(Cc2ccc(F)cc2F)c2ccc(C)cc2)cc1. The number of ether oxygens (including phenoxy) is 1. The molecule has 0 aliphatic rings. The fourth-order valence-electron chi connectivity index (χ4n) is 2.71. The molecule has 0 aliphatic carbocycles. The van der Waals surface area contributed by atoms with Crippen molar-refractivity contribution in [1.29, 1.82) is 0 Å². The summed E-state index contributed by atoms with van der Waals surface area (Å²) < 4.78 is 60.2. The zero-order chi connectivity index (χ0) is 20.3. The molecular formula is C21H19F2NO3S. The van der Waals surface area contributed by atoms with Gasteiger partial charge in [0.05, 0.1) is 24.2 Å². The molecule has 3 rings (SSSR count). The lowest BCUT2D eigenvalue weighted by Crippen LogP contribution is -2.31. The number of benzene rings is 3. The zero-order valence-electron chi connectivity index (χ0n) is 15.4. The molecule has 0 aromatic heterocycles. The zero-order valence-corrected chi connectivity index (χ0v) is 16.2. The van der Waals surface area contributed by atoms with Crippen molar-refractivity contribution in [3.05, 3.63) is 89.5 Å². The quantitative estimate of drug-likeness (QED) is 0.601. The molecule has 0 atom stereocenters. The maximum absolute atomic E-state index is 14.2. The molecule has 0 bridgehead atoms. The summed E-state index contributed by atoms with van der Waals surface area (Å²) in [5.74, 6) is -1.01. The van der Waals surface area contributed by atoms with Crippen molar-refractivity contribution in [2.75, 3.05) is 11.4 Å². The van der Waals surface area contributed by atoms with Gasteiger partial charge in [-0.05, 0) is 49.4 Å². The second-order valence-corrected chi connectivity index (χ2v) is 8.12. The number of anilines is 1. The van der Waals surface area contributed by atoms with Gasteiger partial charge in [0.15, 0.2) is 0 Å². The third-order valence-electron chi connectivity index (χ3n) is 4.30. The number of hydrogen-bond acceptors (Lipinski definition) is 3. The van der Waals surface area contributed by atoms with Crippen molar-refractivity contribution in [1.82, 2.24) is 0 Å². The average molecular weight is 403 g/mol. The minimum atomic E-state index is -4.00. The van der Waals surface area contributed by atoms with Crippen LogP contribution in [0.5, 0.6) is 5.75 Å². The molecule has 7 heteroatoms.